The smallest absolute Gasteiger partial charge is 0.295 e. The van der Waals surface area contributed by atoms with Crippen molar-refractivity contribution in [2.24, 2.45) is 0 Å². The Labute approximate surface area is 205 Å². The van der Waals surface area contributed by atoms with Crippen LogP contribution >= 0.6 is 0 Å². The molecule has 0 aliphatic carbocycles. The lowest BCUT2D eigenvalue weighted by Crippen LogP contribution is -2.42. The summed E-state index contributed by atoms with van der Waals surface area (Å²) in [6.45, 7) is 1.36. The molecule has 0 saturated carbocycles. The molecule has 2 aliphatic rings. The third kappa shape index (κ3) is 5.34. The van der Waals surface area contributed by atoms with Crippen molar-refractivity contribution in [1.82, 2.24) is 9.21 Å². The van der Waals surface area contributed by atoms with Gasteiger partial charge < -0.3 is 20.1 Å². The Morgan fingerprint density at radius 1 is 1.00 bits per heavy atom. The highest BCUT2D eigenvalue weighted by Gasteiger charge is 2.37. The van der Waals surface area contributed by atoms with Gasteiger partial charge in [0, 0.05) is 25.9 Å². The summed E-state index contributed by atoms with van der Waals surface area (Å²) in [7, 11) is -2.38. The monoisotopic (exact) mass is 501 g/mol. The molecule has 2 saturated heterocycles. The minimum atomic E-state index is -3.93. The molecule has 2 aliphatic heterocycles. The molecule has 4 rings (SSSR count). The Kier molecular flexibility index (Phi) is 7.73. The zero-order valence-corrected chi connectivity index (χ0v) is 20.6. The van der Waals surface area contributed by atoms with Crippen molar-refractivity contribution in [1.29, 1.82) is 0 Å². The van der Waals surface area contributed by atoms with Gasteiger partial charge in [-0.05, 0) is 56.0 Å². The number of Topliss-reactive ketones (excluding diaryl/α,β-unsaturated/α-hetero) is 1. The van der Waals surface area contributed by atoms with Gasteiger partial charge in [-0.3, -0.25) is 9.59 Å². The van der Waals surface area contributed by atoms with E-state index < -0.39 is 21.7 Å². The number of benzene rings is 2. The largest absolute Gasteiger partial charge is 0.492 e. The summed E-state index contributed by atoms with van der Waals surface area (Å²) >= 11 is 0. The Bertz CT molecular complexity index is 1170. The molecule has 35 heavy (non-hydrogen) atoms. The van der Waals surface area contributed by atoms with E-state index in [4.69, 9.17) is 15.2 Å². The number of hydrogen-bond donors (Lipinski definition) is 1. The number of hydrogen-bond acceptors (Lipinski definition) is 7. The highest BCUT2D eigenvalue weighted by Crippen LogP contribution is 2.29. The van der Waals surface area contributed by atoms with E-state index in [2.05, 4.69) is 0 Å². The number of ketones is 1. The number of nitrogens with two attached hydrogens (primary N) is 1. The molecule has 0 radical (unpaired) electrons. The van der Waals surface area contributed by atoms with E-state index in [-0.39, 0.29) is 34.8 Å². The van der Waals surface area contributed by atoms with Crippen LogP contribution in [0.2, 0.25) is 0 Å². The van der Waals surface area contributed by atoms with E-state index in [9.17, 15) is 18.0 Å². The van der Waals surface area contributed by atoms with Crippen molar-refractivity contribution in [2.45, 2.75) is 42.7 Å². The van der Waals surface area contributed by atoms with Gasteiger partial charge in [0.05, 0.1) is 29.1 Å². The van der Waals surface area contributed by atoms with E-state index in [0.717, 1.165) is 12.8 Å². The number of anilines is 1. The topological polar surface area (TPSA) is 119 Å². The van der Waals surface area contributed by atoms with Crippen LogP contribution in [0, 0.1) is 0 Å². The number of sulfonamides is 1. The van der Waals surface area contributed by atoms with Gasteiger partial charge in [-0.25, -0.2) is 8.42 Å². The first-order valence-corrected chi connectivity index (χ1v) is 13.2. The van der Waals surface area contributed by atoms with Gasteiger partial charge in [0.2, 0.25) is 10.0 Å². The minimum Gasteiger partial charge on any atom is -0.492 e. The number of rotatable bonds is 9. The van der Waals surface area contributed by atoms with Gasteiger partial charge in [-0.15, -0.1) is 0 Å². The van der Waals surface area contributed by atoms with Crippen molar-refractivity contribution in [3.8, 4) is 5.75 Å². The molecule has 2 fully saturated rings. The number of carbonyl (C=O) groups excluding carboxylic acids is 2. The maximum absolute atomic E-state index is 13.5. The van der Waals surface area contributed by atoms with Gasteiger partial charge in [-0.1, -0.05) is 18.2 Å². The summed E-state index contributed by atoms with van der Waals surface area (Å²) < 4.78 is 39.4. The zero-order valence-electron chi connectivity index (χ0n) is 19.8. The van der Waals surface area contributed by atoms with Crippen LogP contribution < -0.4 is 10.5 Å². The van der Waals surface area contributed by atoms with Crippen LogP contribution in [0.15, 0.2) is 53.4 Å². The Morgan fingerprint density at radius 2 is 1.71 bits per heavy atom. The number of amides is 1. The number of likely N-dealkylation sites (tertiary alicyclic amines) is 1. The quantitative estimate of drug-likeness (QED) is 0.318. The van der Waals surface area contributed by atoms with Crippen molar-refractivity contribution in [3.05, 3.63) is 54.1 Å². The van der Waals surface area contributed by atoms with Crippen molar-refractivity contribution in [3.63, 3.8) is 0 Å². The Balaban J connectivity index is 1.53. The molecular formula is C25H31N3O6S. The molecule has 2 atom stereocenters. The molecule has 0 spiro atoms. The van der Waals surface area contributed by atoms with Gasteiger partial charge >= 0.3 is 0 Å². The van der Waals surface area contributed by atoms with E-state index >= 15 is 0 Å². The van der Waals surface area contributed by atoms with Crippen molar-refractivity contribution >= 4 is 27.4 Å². The van der Waals surface area contributed by atoms with Crippen molar-refractivity contribution in [2.75, 3.05) is 39.1 Å². The highest BCUT2D eigenvalue weighted by atomic mass is 32.2. The standard InChI is InChI=1S/C25H31N3O6S/c1-33-16-18-7-5-13-27(18)25(30)24(29)22-15-21(11-12-23(22)26)35(31,32)28-14-6-8-19(28)17-34-20-9-3-2-4-10-20/h2-4,9-12,15,18-19H,5-8,13-14,16-17,26H2,1H3. The first-order chi connectivity index (χ1) is 16.8. The van der Waals surface area contributed by atoms with E-state index in [1.54, 1.807) is 7.11 Å². The lowest BCUT2D eigenvalue weighted by atomic mass is 10.1. The zero-order chi connectivity index (χ0) is 25.0. The third-order valence-electron chi connectivity index (χ3n) is 6.58. The first kappa shape index (κ1) is 25.2. The lowest BCUT2D eigenvalue weighted by molar-refractivity contribution is -0.128. The highest BCUT2D eigenvalue weighted by molar-refractivity contribution is 7.89. The summed E-state index contributed by atoms with van der Waals surface area (Å²) in [6, 6.07) is 12.7. The third-order valence-corrected chi connectivity index (χ3v) is 8.52. The minimum absolute atomic E-state index is 0.0650. The van der Waals surface area contributed by atoms with E-state index in [0.29, 0.717) is 38.3 Å². The summed E-state index contributed by atoms with van der Waals surface area (Å²) in [6.07, 6.45) is 2.90. The number of ether oxygens (including phenoxy) is 2. The normalized spacial score (nSPS) is 20.8. The van der Waals surface area contributed by atoms with E-state index in [1.807, 2.05) is 30.3 Å². The van der Waals surface area contributed by atoms with Crippen LogP contribution in [0.1, 0.15) is 36.0 Å². The second-order valence-corrected chi connectivity index (χ2v) is 10.8. The fourth-order valence-corrected chi connectivity index (χ4v) is 6.45. The molecule has 2 heterocycles. The average Bonchev–Trinajstić information content (AvgIpc) is 3.53. The van der Waals surface area contributed by atoms with Gasteiger partial charge in [0.25, 0.3) is 11.7 Å². The maximum atomic E-state index is 13.5. The molecule has 0 bridgehead atoms. The fourth-order valence-electron chi connectivity index (χ4n) is 4.74. The fraction of sp³-hybridized carbons (Fsp3) is 0.440. The molecule has 2 aromatic rings. The van der Waals surface area contributed by atoms with Crippen LogP contribution in [0.4, 0.5) is 5.69 Å². The number of nitrogens with zero attached hydrogens (tertiary/aromatic N) is 2. The van der Waals surface area contributed by atoms with Crippen LogP contribution in [0.25, 0.3) is 0 Å². The van der Waals surface area contributed by atoms with Gasteiger partial charge in [0.1, 0.15) is 12.4 Å². The Hall–Kier alpha value is -2.95. The van der Waals surface area contributed by atoms with Gasteiger partial charge in [-0.2, -0.15) is 4.31 Å². The summed E-state index contributed by atoms with van der Waals surface area (Å²) in [5.74, 6) is -0.835. The molecule has 1 amide bonds. The number of para-hydroxylation sites is 1. The van der Waals surface area contributed by atoms with Crippen LogP contribution in [-0.4, -0.2) is 74.8 Å². The lowest BCUT2D eigenvalue weighted by Gasteiger charge is -2.25. The summed E-state index contributed by atoms with van der Waals surface area (Å²) in [5.41, 5.74) is 5.98. The van der Waals surface area contributed by atoms with Gasteiger partial charge in [0.15, 0.2) is 0 Å². The number of methoxy groups -OCH3 is 1. The molecule has 10 heteroatoms. The first-order valence-electron chi connectivity index (χ1n) is 11.8. The predicted molar refractivity (Wildman–Crippen MR) is 131 cm³/mol. The molecule has 9 nitrogen and oxygen atoms in total. The molecule has 2 N–H and O–H groups in total. The van der Waals surface area contributed by atoms with Crippen molar-refractivity contribution < 1.29 is 27.5 Å². The molecule has 0 aromatic heterocycles. The molecule has 2 aromatic carbocycles. The SMILES string of the molecule is COCC1CCCN1C(=O)C(=O)c1cc(S(=O)(=O)N2CCCC2COc2ccccc2)ccc1N. The summed E-state index contributed by atoms with van der Waals surface area (Å²) in [4.78, 5) is 27.5. The Morgan fingerprint density at radius 3 is 2.46 bits per heavy atom. The average molecular weight is 502 g/mol. The molecule has 2 unspecified atom stereocenters. The molecular weight excluding hydrogens is 470 g/mol. The van der Waals surface area contributed by atoms with E-state index in [1.165, 1.54) is 27.4 Å². The number of carbonyl (C=O) groups is 2. The second kappa shape index (κ2) is 10.8. The second-order valence-electron chi connectivity index (χ2n) is 8.86. The summed E-state index contributed by atoms with van der Waals surface area (Å²) in [5, 5.41) is 0. The van der Waals surface area contributed by atoms with Crippen LogP contribution in [-0.2, 0) is 19.6 Å². The molecule has 188 valence electrons. The van der Waals surface area contributed by atoms with Crippen LogP contribution in [0.3, 0.4) is 0 Å². The maximum Gasteiger partial charge on any atom is 0.295 e. The van der Waals surface area contributed by atoms with Crippen LogP contribution in [0.5, 0.6) is 5.75 Å². The number of nitrogen functional groups attached to an aromatic ring is 1. The predicted octanol–water partition coefficient (Wildman–Crippen LogP) is 2.32.